The molecule has 1 aromatic carbocycles. The molecule has 0 bridgehead atoms. The van der Waals surface area contributed by atoms with E-state index in [1.807, 2.05) is 31.1 Å². The maximum atomic E-state index is 12.2. The summed E-state index contributed by atoms with van der Waals surface area (Å²) in [5.41, 5.74) is 0.662. The van der Waals surface area contributed by atoms with Gasteiger partial charge in [0.15, 0.2) is 6.10 Å². The molecule has 1 heterocycles. The number of amides is 4. The summed E-state index contributed by atoms with van der Waals surface area (Å²) < 4.78 is 5.14. The van der Waals surface area contributed by atoms with Gasteiger partial charge in [0.2, 0.25) is 0 Å². The summed E-state index contributed by atoms with van der Waals surface area (Å²) >= 11 is 0. The van der Waals surface area contributed by atoms with Crippen molar-refractivity contribution in [2.45, 2.75) is 45.3 Å². The quantitative estimate of drug-likeness (QED) is 0.505. The first-order valence-electron chi connectivity index (χ1n) is 9.43. The number of hydrogen-bond donors (Lipinski definition) is 2. The van der Waals surface area contributed by atoms with Crippen molar-refractivity contribution in [1.29, 1.82) is 0 Å². The number of anilines is 2. The van der Waals surface area contributed by atoms with Gasteiger partial charge < -0.3 is 20.3 Å². The van der Waals surface area contributed by atoms with Crippen LogP contribution < -0.4 is 15.5 Å². The predicted molar refractivity (Wildman–Crippen MR) is 109 cm³/mol. The lowest BCUT2D eigenvalue weighted by atomic mass is 10.1. The highest BCUT2D eigenvalue weighted by atomic mass is 16.5. The van der Waals surface area contributed by atoms with Crippen molar-refractivity contribution in [3.63, 3.8) is 0 Å². The molecule has 0 aliphatic carbocycles. The zero-order valence-electron chi connectivity index (χ0n) is 17.4. The van der Waals surface area contributed by atoms with Crippen LogP contribution in [0.25, 0.3) is 0 Å². The third-order valence-corrected chi connectivity index (χ3v) is 4.54. The highest BCUT2D eigenvalue weighted by Crippen LogP contribution is 2.18. The number of nitrogens with one attached hydrogen (secondary N) is 2. The second kappa shape index (κ2) is 8.93. The van der Waals surface area contributed by atoms with Crippen molar-refractivity contribution >= 4 is 35.2 Å². The van der Waals surface area contributed by atoms with Gasteiger partial charge in [-0.1, -0.05) is 0 Å². The number of carbonyl (C=O) groups is 4. The molecular formula is C20H28N4O5. The fourth-order valence-electron chi connectivity index (χ4n) is 2.80. The number of hydrogen-bond acceptors (Lipinski definition) is 6. The Hall–Kier alpha value is -3.10. The number of ether oxygens (including phenoxy) is 1. The maximum absolute atomic E-state index is 12.2. The van der Waals surface area contributed by atoms with Crippen LogP contribution in [-0.2, 0) is 19.1 Å². The summed E-state index contributed by atoms with van der Waals surface area (Å²) in [6.45, 7) is 4.84. The Labute approximate surface area is 170 Å². The fourth-order valence-corrected chi connectivity index (χ4v) is 2.80. The van der Waals surface area contributed by atoms with Gasteiger partial charge in [0.25, 0.3) is 11.8 Å². The van der Waals surface area contributed by atoms with E-state index in [0.717, 1.165) is 10.6 Å². The van der Waals surface area contributed by atoms with Crippen molar-refractivity contribution in [3.8, 4) is 0 Å². The SMILES string of the molecule is C[C@@H](OC(=O)CCCN1C(=O)NC(C)(C)C1=O)C(=O)Nc1ccc(N(C)C)cc1. The molecule has 1 atom stereocenters. The zero-order valence-corrected chi connectivity index (χ0v) is 17.4. The van der Waals surface area contributed by atoms with E-state index in [1.54, 1.807) is 26.0 Å². The Kier molecular flexibility index (Phi) is 6.84. The fraction of sp³-hybridized carbons (Fsp3) is 0.500. The summed E-state index contributed by atoms with van der Waals surface area (Å²) in [5, 5.41) is 5.27. The standard InChI is InChI=1S/C20H28N4O5/c1-13(17(26)21-14-8-10-15(11-9-14)23(4)5)29-16(25)7-6-12-24-18(27)20(2,3)22-19(24)28/h8-11,13H,6-7,12H2,1-5H3,(H,21,26)(H,22,28)/t13-/m1/s1. The number of imide groups is 1. The third-order valence-electron chi connectivity index (χ3n) is 4.54. The molecule has 2 rings (SSSR count). The van der Waals surface area contributed by atoms with Gasteiger partial charge in [-0.15, -0.1) is 0 Å². The second-order valence-corrected chi connectivity index (χ2v) is 7.68. The minimum atomic E-state index is -0.966. The van der Waals surface area contributed by atoms with Crippen LogP contribution in [0.5, 0.6) is 0 Å². The summed E-state index contributed by atoms with van der Waals surface area (Å²) in [6.07, 6.45) is -0.715. The van der Waals surface area contributed by atoms with E-state index in [-0.39, 0.29) is 25.3 Å². The number of rotatable bonds is 8. The average Bonchev–Trinajstić information content (AvgIpc) is 2.83. The molecule has 0 unspecified atom stereocenters. The van der Waals surface area contributed by atoms with Crippen LogP contribution in [0.4, 0.5) is 16.2 Å². The van der Waals surface area contributed by atoms with Crippen LogP contribution in [0.1, 0.15) is 33.6 Å². The van der Waals surface area contributed by atoms with Crippen molar-refractivity contribution in [2.24, 2.45) is 0 Å². The molecule has 0 saturated carbocycles. The van der Waals surface area contributed by atoms with E-state index >= 15 is 0 Å². The lowest BCUT2D eigenvalue weighted by Gasteiger charge is -2.17. The Bertz CT molecular complexity index is 789. The van der Waals surface area contributed by atoms with Crippen LogP contribution in [0.15, 0.2) is 24.3 Å². The molecule has 29 heavy (non-hydrogen) atoms. The van der Waals surface area contributed by atoms with Crippen LogP contribution in [-0.4, -0.2) is 61.0 Å². The summed E-state index contributed by atoms with van der Waals surface area (Å²) in [5.74, 6) is -1.34. The highest BCUT2D eigenvalue weighted by Gasteiger charge is 2.43. The first-order valence-corrected chi connectivity index (χ1v) is 9.43. The van der Waals surface area contributed by atoms with Gasteiger partial charge in [-0.05, 0) is 51.5 Å². The van der Waals surface area contributed by atoms with Gasteiger partial charge in [0, 0.05) is 38.4 Å². The highest BCUT2D eigenvalue weighted by molar-refractivity contribution is 6.06. The molecule has 2 N–H and O–H groups in total. The van der Waals surface area contributed by atoms with Gasteiger partial charge >= 0.3 is 12.0 Å². The number of benzene rings is 1. The first-order chi connectivity index (χ1) is 13.5. The molecule has 0 aromatic heterocycles. The molecule has 1 aliphatic heterocycles. The monoisotopic (exact) mass is 404 g/mol. The molecule has 1 aromatic rings. The number of urea groups is 1. The molecule has 9 heteroatoms. The molecule has 1 aliphatic rings. The van der Waals surface area contributed by atoms with Gasteiger partial charge in [0.05, 0.1) is 0 Å². The van der Waals surface area contributed by atoms with E-state index in [2.05, 4.69) is 10.6 Å². The molecule has 1 saturated heterocycles. The summed E-state index contributed by atoms with van der Waals surface area (Å²) in [4.78, 5) is 51.1. The summed E-state index contributed by atoms with van der Waals surface area (Å²) in [7, 11) is 3.84. The minimum absolute atomic E-state index is 0.00730. The van der Waals surface area contributed by atoms with Gasteiger partial charge in [-0.3, -0.25) is 19.3 Å². The van der Waals surface area contributed by atoms with Crippen molar-refractivity contribution < 1.29 is 23.9 Å². The molecule has 4 amide bonds. The predicted octanol–water partition coefficient (Wildman–Crippen LogP) is 1.73. The molecule has 9 nitrogen and oxygen atoms in total. The zero-order chi connectivity index (χ0) is 21.8. The van der Waals surface area contributed by atoms with Crippen LogP contribution in [0, 0.1) is 0 Å². The van der Waals surface area contributed by atoms with Crippen LogP contribution in [0.3, 0.4) is 0 Å². The largest absolute Gasteiger partial charge is 0.453 e. The molecule has 0 radical (unpaired) electrons. The molecular weight excluding hydrogens is 376 g/mol. The van der Waals surface area contributed by atoms with Gasteiger partial charge in [0.1, 0.15) is 5.54 Å². The normalized spacial score (nSPS) is 16.2. The number of nitrogens with zero attached hydrogens (tertiary/aromatic N) is 2. The smallest absolute Gasteiger partial charge is 0.325 e. The first kappa shape index (κ1) is 22.2. The maximum Gasteiger partial charge on any atom is 0.325 e. The van der Waals surface area contributed by atoms with Crippen LogP contribution >= 0.6 is 0 Å². The third kappa shape index (κ3) is 5.69. The lowest BCUT2D eigenvalue weighted by molar-refractivity contribution is -0.153. The van der Waals surface area contributed by atoms with E-state index in [0.29, 0.717) is 5.69 Å². The minimum Gasteiger partial charge on any atom is -0.453 e. The average molecular weight is 404 g/mol. The Morgan fingerprint density at radius 3 is 2.34 bits per heavy atom. The molecule has 0 spiro atoms. The number of esters is 1. The van der Waals surface area contributed by atoms with Gasteiger partial charge in [-0.25, -0.2) is 4.79 Å². The van der Waals surface area contributed by atoms with Crippen molar-refractivity contribution in [1.82, 2.24) is 10.2 Å². The van der Waals surface area contributed by atoms with Crippen molar-refractivity contribution in [3.05, 3.63) is 24.3 Å². The molecule has 1 fully saturated rings. The van der Waals surface area contributed by atoms with Gasteiger partial charge in [-0.2, -0.15) is 0 Å². The van der Waals surface area contributed by atoms with E-state index < -0.39 is 29.6 Å². The molecule has 158 valence electrons. The van der Waals surface area contributed by atoms with E-state index in [9.17, 15) is 19.2 Å². The number of carbonyl (C=O) groups excluding carboxylic acids is 4. The Morgan fingerprint density at radius 2 is 1.83 bits per heavy atom. The topological polar surface area (TPSA) is 108 Å². The Balaban J connectivity index is 1.76. The van der Waals surface area contributed by atoms with E-state index in [1.165, 1.54) is 6.92 Å². The van der Waals surface area contributed by atoms with E-state index in [4.69, 9.17) is 4.74 Å². The lowest BCUT2D eigenvalue weighted by Crippen LogP contribution is -2.40. The van der Waals surface area contributed by atoms with Crippen molar-refractivity contribution in [2.75, 3.05) is 30.9 Å². The Morgan fingerprint density at radius 1 is 1.21 bits per heavy atom. The second-order valence-electron chi connectivity index (χ2n) is 7.68. The van der Waals surface area contributed by atoms with Crippen LogP contribution in [0.2, 0.25) is 0 Å². The summed E-state index contributed by atoms with van der Waals surface area (Å²) in [6, 6.07) is 6.79.